The average molecular weight is 232 g/mol. The molecule has 1 aliphatic heterocycles. The van der Waals surface area contributed by atoms with E-state index < -0.39 is 29.6 Å². The number of hydrogen-bond donors (Lipinski definition) is 1. The van der Waals surface area contributed by atoms with E-state index in [0.29, 0.717) is 4.90 Å². The number of nitrogens with zero attached hydrogens (tertiary/aromatic N) is 1. The van der Waals surface area contributed by atoms with Crippen molar-refractivity contribution in [2.75, 3.05) is 13.7 Å². The molecule has 1 unspecified atom stereocenters. The molecular formula is C9H13FN2O4. The van der Waals surface area contributed by atoms with Crippen LogP contribution in [0.4, 0.5) is 9.18 Å². The maximum absolute atomic E-state index is 13.1. The van der Waals surface area contributed by atoms with Crippen LogP contribution in [0.2, 0.25) is 0 Å². The van der Waals surface area contributed by atoms with Crippen LogP contribution in [-0.2, 0) is 14.3 Å². The lowest BCUT2D eigenvalue weighted by Gasteiger charge is -2.33. The highest BCUT2D eigenvalue weighted by Crippen LogP contribution is 2.14. The Morgan fingerprint density at radius 3 is 2.50 bits per heavy atom. The maximum Gasteiger partial charge on any atom is 0.331 e. The number of rotatable bonds is 3. The summed E-state index contributed by atoms with van der Waals surface area (Å²) in [6.45, 7) is 3.15. The molecule has 1 rings (SSSR count). The highest BCUT2D eigenvalue weighted by Gasteiger charge is 2.42. The third-order valence-electron chi connectivity index (χ3n) is 2.28. The Labute approximate surface area is 91.7 Å². The van der Waals surface area contributed by atoms with Gasteiger partial charge in [0, 0.05) is 7.11 Å². The van der Waals surface area contributed by atoms with Crippen LogP contribution in [0, 0.1) is 0 Å². The summed E-state index contributed by atoms with van der Waals surface area (Å²) in [7, 11) is 1.41. The fraction of sp³-hybridized carbons (Fsp3) is 0.667. The molecule has 0 spiro atoms. The second-order valence-corrected chi connectivity index (χ2v) is 4.05. The normalized spacial score (nSPS) is 22.4. The summed E-state index contributed by atoms with van der Waals surface area (Å²) in [4.78, 5) is 34.1. The van der Waals surface area contributed by atoms with Gasteiger partial charge in [0.15, 0.2) is 0 Å². The van der Waals surface area contributed by atoms with Crippen molar-refractivity contribution in [3.8, 4) is 0 Å². The summed E-state index contributed by atoms with van der Waals surface area (Å²) in [5.41, 5.74) is -0.799. The van der Waals surface area contributed by atoms with Crippen LogP contribution in [0.1, 0.15) is 13.8 Å². The van der Waals surface area contributed by atoms with Gasteiger partial charge in [0.2, 0.25) is 0 Å². The minimum absolute atomic E-state index is 0.123. The molecule has 6 nitrogen and oxygen atoms in total. The second-order valence-electron chi connectivity index (χ2n) is 4.05. The van der Waals surface area contributed by atoms with E-state index in [1.165, 1.54) is 7.11 Å². The van der Waals surface area contributed by atoms with E-state index in [4.69, 9.17) is 4.74 Å². The van der Waals surface area contributed by atoms with E-state index in [-0.39, 0.29) is 6.54 Å². The summed E-state index contributed by atoms with van der Waals surface area (Å²) in [5.74, 6) is -2.37. The van der Waals surface area contributed by atoms with Gasteiger partial charge < -0.3 is 4.74 Å². The molecule has 1 atom stereocenters. The van der Waals surface area contributed by atoms with E-state index in [9.17, 15) is 18.8 Å². The van der Waals surface area contributed by atoms with Gasteiger partial charge in [0.05, 0.1) is 12.1 Å². The Morgan fingerprint density at radius 1 is 1.44 bits per heavy atom. The predicted octanol–water partition coefficient (Wildman–Crippen LogP) is -0.172. The number of carbonyl (C=O) groups is 3. The third kappa shape index (κ3) is 2.35. The summed E-state index contributed by atoms with van der Waals surface area (Å²) in [6, 6.07) is -0.922. The molecule has 0 bridgehead atoms. The van der Waals surface area contributed by atoms with Gasteiger partial charge in [-0.1, -0.05) is 0 Å². The van der Waals surface area contributed by atoms with Gasteiger partial charge in [-0.25, -0.2) is 9.18 Å². The molecule has 1 heterocycles. The monoisotopic (exact) mass is 232 g/mol. The van der Waals surface area contributed by atoms with Gasteiger partial charge in [-0.05, 0) is 13.8 Å². The second kappa shape index (κ2) is 4.17. The molecular weight excluding hydrogens is 219 g/mol. The van der Waals surface area contributed by atoms with Crippen molar-refractivity contribution >= 4 is 17.8 Å². The number of urea groups is 1. The molecule has 1 aliphatic rings. The Bertz CT molecular complexity index is 342. The summed E-state index contributed by atoms with van der Waals surface area (Å²) < 4.78 is 18.1. The Kier molecular flexibility index (Phi) is 3.27. The Hall–Kier alpha value is -1.50. The molecule has 0 aliphatic carbocycles. The summed E-state index contributed by atoms with van der Waals surface area (Å²) in [6.07, 6.45) is -2.33. The van der Waals surface area contributed by atoms with Crippen LogP contribution < -0.4 is 5.32 Å². The van der Waals surface area contributed by atoms with E-state index in [1.807, 2.05) is 0 Å². The molecule has 7 heteroatoms. The highest BCUT2D eigenvalue weighted by atomic mass is 19.1. The first-order valence-corrected chi connectivity index (χ1v) is 4.64. The number of alkyl halides is 1. The number of barbiturate groups is 1. The van der Waals surface area contributed by atoms with Crippen LogP contribution in [0.25, 0.3) is 0 Å². The zero-order valence-electron chi connectivity index (χ0n) is 9.24. The maximum atomic E-state index is 13.1. The molecule has 0 aromatic heterocycles. The number of carbonyl (C=O) groups excluding carboxylic acids is 3. The number of imide groups is 2. The van der Waals surface area contributed by atoms with Crippen molar-refractivity contribution in [3.05, 3.63) is 0 Å². The highest BCUT2D eigenvalue weighted by molar-refractivity contribution is 6.18. The third-order valence-corrected chi connectivity index (χ3v) is 2.28. The molecule has 0 aromatic carbocycles. The fourth-order valence-corrected chi connectivity index (χ4v) is 1.18. The van der Waals surface area contributed by atoms with Crippen LogP contribution in [0.3, 0.4) is 0 Å². The molecule has 90 valence electrons. The van der Waals surface area contributed by atoms with Gasteiger partial charge in [0.25, 0.3) is 18.0 Å². The zero-order chi connectivity index (χ0) is 12.5. The lowest BCUT2D eigenvalue weighted by Crippen LogP contribution is -2.61. The van der Waals surface area contributed by atoms with E-state index in [0.717, 1.165) is 0 Å². The fourth-order valence-electron chi connectivity index (χ4n) is 1.18. The topological polar surface area (TPSA) is 75.7 Å². The SMILES string of the molecule is COC(C)(C)CN1C(=O)NC(=O)C(F)C1=O. The molecule has 0 radical (unpaired) electrons. The van der Waals surface area contributed by atoms with Crippen molar-refractivity contribution in [1.82, 2.24) is 10.2 Å². The lowest BCUT2D eigenvalue weighted by atomic mass is 10.1. The molecule has 16 heavy (non-hydrogen) atoms. The standard InChI is InChI=1S/C9H13FN2O4/c1-9(2,16-3)4-12-7(14)5(10)6(13)11-8(12)15/h5H,4H2,1-3H3,(H,11,13,15). The molecule has 1 fully saturated rings. The van der Waals surface area contributed by atoms with Gasteiger partial charge in [-0.15, -0.1) is 0 Å². The molecule has 0 saturated carbocycles. The molecule has 0 aromatic rings. The number of nitrogens with one attached hydrogen (secondary N) is 1. The largest absolute Gasteiger partial charge is 0.377 e. The minimum Gasteiger partial charge on any atom is -0.377 e. The molecule has 1 saturated heterocycles. The van der Waals surface area contributed by atoms with Gasteiger partial charge in [-0.3, -0.25) is 19.8 Å². The first-order valence-electron chi connectivity index (χ1n) is 4.64. The van der Waals surface area contributed by atoms with Gasteiger partial charge in [-0.2, -0.15) is 0 Å². The van der Waals surface area contributed by atoms with Crippen molar-refractivity contribution in [3.63, 3.8) is 0 Å². The minimum atomic E-state index is -2.33. The van der Waals surface area contributed by atoms with Crippen molar-refractivity contribution < 1.29 is 23.5 Å². The number of hydrogen-bond acceptors (Lipinski definition) is 4. The zero-order valence-corrected chi connectivity index (χ0v) is 9.24. The predicted molar refractivity (Wildman–Crippen MR) is 51.2 cm³/mol. The first kappa shape index (κ1) is 12.6. The van der Waals surface area contributed by atoms with Crippen molar-refractivity contribution in [1.29, 1.82) is 0 Å². The van der Waals surface area contributed by atoms with Crippen LogP contribution >= 0.6 is 0 Å². The molecule has 1 N–H and O–H groups in total. The van der Waals surface area contributed by atoms with Crippen molar-refractivity contribution in [2.24, 2.45) is 0 Å². The number of methoxy groups -OCH3 is 1. The molecule has 4 amide bonds. The quantitative estimate of drug-likeness (QED) is 0.685. The number of ether oxygens (including phenoxy) is 1. The van der Waals surface area contributed by atoms with Gasteiger partial charge in [0.1, 0.15) is 0 Å². The Morgan fingerprint density at radius 2 is 2.00 bits per heavy atom. The lowest BCUT2D eigenvalue weighted by molar-refractivity contribution is -0.146. The van der Waals surface area contributed by atoms with E-state index in [2.05, 4.69) is 0 Å². The smallest absolute Gasteiger partial charge is 0.331 e. The van der Waals surface area contributed by atoms with E-state index in [1.54, 1.807) is 19.2 Å². The Balaban J connectivity index is 2.84. The van der Waals surface area contributed by atoms with Crippen LogP contribution in [0.5, 0.6) is 0 Å². The summed E-state index contributed by atoms with van der Waals surface area (Å²) >= 11 is 0. The number of halogens is 1. The van der Waals surface area contributed by atoms with Crippen molar-refractivity contribution in [2.45, 2.75) is 25.6 Å². The van der Waals surface area contributed by atoms with Gasteiger partial charge >= 0.3 is 6.03 Å². The van der Waals surface area contributed by atoms with Crippen LogP contribution in [-0.4, -0.2) is 48.2 Å². The first-order chi connectivity index (χ1) is 7.28. The van der Waals surface area contributed by atoms with Crippen LogP contribution in [0.15, 0.2) is 0 Å². The van der Waals surface area contributed by atoms with E-state index >= 15 is 0 Å². The average Bonchev–Trinajstić information content (AvgIpc) is 2.21. The number of amides is 4. The summed E-state index contributed by atoms with van der Waals surface area (Å²) in [5, 5.41) is 1.75.